The summed E-state index contributed by atoms with van der Waals surface area (Å²) < 4.78 is 0. The first-order valence-electron chi connectivity index (χ1n) is 6.68. The van der Waals surface area contributed by atoms with Gasteiger partial charge in [-0.3, -0.25) is 0 Å². The number of benzene rings is 2. The number of halogens is 2. The van der Waals surface area contributed by atoms with Crippen LogP contribution < -0.4 is 0 Å². The topological polar surface area (TPSA) is 49.6 Å². The Balaban J connectivity index is 2.29. The molecule has 3 aromatic rings. The molecule has 0 fully saturated rings. The Morgan fingerprint density at radius 3 is 2.05 bits per heavy atom. The molecular weight excluding hydrogens is 406 g/mol. The van der Waals surface area contributed by atoms with Crippen LogP contribution in [-0.2, 0) is 10.7 Å². The molecule has 3 rings (SSSR count). The van der Waals surface area contributed by atoms with Crippen molar-refractivity contribution in [2.75, 3.05) is 0 Å². The van der Waals surface area contributed by atoms with E-state index >= 15 is 0 Å². The van der Waals surface area contributed by atoms with Gasteiger partial charge in [-0.05, 0) is 17.7 Å². The summed E-state index contributed by atoms with van der Waals surface area (Å²) in [5.74, 6) is 0. The van der Waals surface area contributed by atoms with Crippen molar-refractivity contribution in [3.63, 3.8) is 0 Å². The van der Waals surface area contributed by atoms with Crippen LogP contribution in [0.5, 0.6) is 0 Å². The molecular formula is C17H11Br2N3. The lowest BCUT2D eigenvalue weighted by molar-refractivity contribution is 1.08. The third kappa shape index (κ3) is 2.77. The van der Waals surface area contributed by atoms with Crippen molar-refractivity contribution < 1.29 is 0 Å². The Kier molecular flexibility index (Phi) is 4.51. The van der Waals surface area contributed by atoms with Gasteiger partial charge in [-0.1, -0.05) is 62.2 Å². The molecule has 0 amide bonds. The van der Waals surface area contributed by atoms with Gasteiger partial charge in [-0.2, -0.15) is 5.26 Å². The Bertz CT molecular complexity index is 870. The third-order valence-electron chi connectivity index (χ3n) is 3.42. The van der Waals surface area contributed by atoms with E-state index in [1.807, 2.05) is 42.5 Å². The number of alkyl halides is 2. The fraction of sp³-hybridized carbons (Fsp3) is 0.118. The van der Waals surface area contributed by atoms with Gasteiger partial charge in [0.15, 0.2) is 0 Å². The summed E-state index contributed by atoms with van der Waals surface area (Å²) in [5, 5.41) is 10.7. The van der Waals surface area contributed by atoms with Crippen molar-refractivity contribution in [1.29, 1.82) is 5.26 Å². The van der Waals surface area contributed by atoms with Gasteiger partial charge < -0.3 is 0 Å². The van der Waals surface area contributed by atoms with Crippen molar-refractivity contribution in [3.05, 3.63) is 59.4 Å². The van der Waals surface area contributed by atoms with Crippen LogP contribution in [0.3, 0.4) is 0 Å². The zero-order chi connectivity index (χ0) is 15.5. The van der Waals surface area contributed by atoms with E-state index in [0.29, 0.717) is 16.2 Å². The number of nitriles is 1. The van der Waals surface area contributed by atoms with Crippen LogP contribution in [0.15, 0.2) is 42.5 Å². The highest BCUT2D eigenvalue weighted by atomic mass is 79.9. The minimum atomic E-state index is 0.611. The van der Waals surface area contributed by atoms with E-state index < -0.39 is 0 Å². The zero-order valence-electron chi connectivity index (χ0n) is 11.6. The van der Waals surface area contributed by atoms with Crippen LogP contribution >= 0.6 is 31.9 Å². The van der Waals surface area contributed by atoms with E-state index in [-0.39, 0.29) is 0 Å². The van der Waals surface area contributed by atoms with Crippen molar-refractivity contribution >= 4 is 42.9 Å². The number of hydrogen-bond acceptors (Lipinski definition) is 3. The van der Waals surface area contributed by atoms with Crippen LogP contribution in [0, 0.1) is 11.3 Å². The summed E-state index contributed by atoms with van der Waals surface area (Å²) in [4.78, 5) is 9.29. The number of hydrogen-bond donors (Lipinski definition) is 0. The lowest BCUT2D eigenvalue weighted by atomic mass is 9.99. The minimum absolute atomic E-state index is 0.611. The maximum Gasteiger partial charge on any atom is 0.0999 e. The quantitative estimate of drug-likeness (QED) is 0.567. The molecule has 0 saturated heterocycles. The highest BCUT2D eigenvalue weighted by Gasteiger charge is 2.12. The van der Waals surface area contributed by atoms with Crippen LogP contribution in [0.4, 0.5) is 0 Å². The van der Waals surface area contributed by atoms with Gasteiger partial charge in [-0.25, -0.2) is 9.97 Å². The van der Waals surface area contributed by atoms with Crippen molar-refractivity contribution in [3.8, 4) is 17.2 Å². The molecule has 1 heterocycles. The largest absolute Gasteiger partial charge is 0.248 e. The first kappa shape index (κ1) is 15.1. The molecule has 3 nitrogen and oxygen atoms in total. The fourth-order valence-corrected chi connectivity index (χ4v) is 3.24. The molecule has 0 N–H and O–H groups in total. The van der Waals surface area contributed by atoms with Crippen LogP contribution in [0.1, 0.15) is 17.0 Å². The lowest BCUT2D eigenvalue weighted by Gasteiger charge is -2.09. The number of rotatable bonds is 3. The fourth-order valence-electron chi connectivity index (χ4n) is 2.34. The molecule has 0 saturated carbocycles. The molecule has 2 aromatic carbocycles. The molecule has 0 atom stereocenters. The summed E-state index contributed by atoms with van der Waals surface area (Å²) in [5.41, 5.74) is 5.85. The second-order valence-electron chi connectivity index (χ2n) is 4.75. The normalized spacial score (nSPS) is 10.6. The Morgan fingerprint density at radius 2 is 1.50 bits per heavy atom. The summed E-state index contributed by atoms with van der Waals surface area (Å²) in [6, 6.07) is 15.9. The molecule has 0 aliphatic heterocycles. The van der Waals surface area contributed by atoms with Gasteiger partial charge in [0, 0.05) is 16.2 Å². The van der Waals surface area contributed by atoms with Gasteiger partial charge in [0.1, 0.15) is 0 Å². The van der Waals surface area contributed by atoms with Crippen molar-refractivity contribution in [1.82, 2.24) is 9.97 Å². The molecule has 22 heavy (non-hydrogen) atoms. The lowest BCUT2D eigenvalue weighted by Crippen LogP contribution is -1.99. The third-order valence-corrected chi connectivity index (χ3v) is 4.48. The molecule has 0 aliphatic carbocycles. The second-order valence-corrected chi connectivity index (χ2v) is 5.87. The Morgan fingerprint density at radius 1 is 0.909 bits per heavy atom. The maximum atomic E-state index is 9.45. The maximum absolute atomic E-state index is 9.45. The Labute approximate surface area is 145 Å². The predicted molar refractivity (Wildman–Crippen MR) is 95.0 cm³/mol. The monoisotopic (exact) mass is 415 g/mol. The van der Waals surface area contributed by atoms with Gasteiger partial charge >= 0.3 is 0 Å². The first-order chi connectivity index (χ1) is 10.8. The standard InChI is InChI=1S/C17H11Br2N3/c18-8-16-17(9-19)22-15-7-13(11-4-2-1-3-5-11)12(10-20)6-14(15)21-16/h1-7H,8-9H2. The molecule has 0 radical (unpaired) electrons. The van der Waals surface area contributed by atoms with E-state index in [4.69, 9.17) is 0 Å². The summed E-state index contributed by atoms with van der Waals surface area (Å²) >= 11 is 6.88. The molecule has 5 heteroatoms. The van der Waals surface area contributed by atoms with Crippen LogP contribution in [0.2, 0.25) is 0 Å². The van der Waals surface area contributed by atoms with E-state index in [1.54, 1.807) is 0 Å². The highest BCUT2D eigenvalue weighted by Crippen LogP contribution is 2.28. The molecule has 1 aromatic heterocycles. The van der Waals surface area contributed by atoms with Crippen LogP contribution in [-0.4, -0.2) is 9.97 Å². The predicted octanol–water partition coefficient (Wildman–Crippen LogP) is 4.96. The summed E-state index contributed by atoms with van der Waals surface area (Å²) in [7, 11) is 0. The molecule has 108 valence electrons. The number of aromatic nitrogens is 2. The number of fused-ring (bicyclic) bond motifs is 1. The van der Waals surface area contributed by atoms with Crippen molar-refractivity contribution in [2.45, 2.75) is 10.7 Å². The smallest absolute Gasteiger partial charge is 0.0999 e. The SMILES string of the molecule is N#Cc1cc2nc(CBr)c(CBr)nc2cc1-c1ccccc1. The van der Waals surface area contributed by atoms with Crippen LogP contribution in [0.25, 0.3) is 22.2 Å². The number of nitrogens with zero attached hydrogens (tertiary/aromatic N) is 3. The van der Waals surface area contributed by atoms with Gasteiger partial charge in [-0.15, -0.1) is 0 Å². The van der Waals surface area contributed by atoms with E-state index in [1.165, 1.54) is 0 Å². The molecule has 0 spiro atoms. The summed E-state index contributed by atoms with van der Waals surface area (Å²) in [6.45, 7) is 0. The second kappa shape index (κ2) is 6.55. The average Bonchev–Trinajstić information content (AvgIpc) is 2.59. The average molecular weight is 417 g/mol. The first-order valence-corrected chi connectivity index (χ1v) is 8.92. The van der Waals surface area contributed by atoms with Gasteiger partial charge in [0.2, 0.25) is 0 Å². The zero-order valence-corrected chi connectivity index (χ0v) is 14.7. The highest BCUT2D eigenvalue weighted by molar-refractivity contribution is 9.09. The van der Waals surface area contributed by atoms with Gasteiger partial charge in [0.05, 0.1) is 34.1 Å². The molecule has 0 bridgehead atoms. The van der Waals surface area contributed by atoms with E-state index in [9.17, 15) is 5.26 Å². The van der Waals surface area contributed by atoms with Crippen molar-refractivity contribution in [2.24, 2.45) is 0 Å². The molecule has 0 unspecified atom stereocenters. The summed E-state index contributed by atoms with van der Waals surface area (Å²) in [6.07, 6.45) is 0. The molecule has 0 aliphatic rings. The van der Waals surface area contributed by atoms with Gasteiger partial charge in [0.25, 0.3) is 0 Å². The van der Waals surface area contributed by atoms with E-state index in [2.05, 4.69) is 47.9 Å². The Hall–Kier alpha value is -1.77. The minimum Gasteiger partial charge on any atom is -0.248 e. The van der Waals surface area contributed by atoms with E-state index in [0.717, 1.165) is 33.5 Å².